The van der Waals surface area contributed by atoms with Crippen LogP contribution in [-0.4, -0.2) is 14.4 Å². The molecule has 0 saturated heterocycles. The van der Waals surface area contributed by atoms with E-state index in [1.54, 1.807) is 23.1 Å². The highest BCUT2D eigenvalue weighted by molar-refractivity contribution is 9.10. The molecule has 3 heterocycles. The van der Waals surface area contributed by atoms with E-state index in [9.17, 15) is 5.26 Å². The molecular weight excluding hydrogens is 380 g/mol. The van der Waals surface area contributed by atoms with Crippen LogP contribution < -0.4 is 0 Å². The zero-order valence-electron chi connectivity index (χ0n) is 12.3. The topological polar surface area (TPSA) is 54.0 Å². The molecule has 22 heavy (non-hydrogen) atoms. The van der Waals surface area contributed by atoms with E-state index in [0.29, 0.717) is 11.3 Å². The standard InChI is InChI=1S/C15H13BrN4S2/c1-8-4-9(2)18-14(11(8)5-17)21-7-12-13(16)20-10(3)6-22-15(20)19-12/h4,6H,7H2,1-3H3. The summed E-state index contributed by atoms with van der Waals surface area (Å²) in [5.41, 5.74) is 4.70. The van der Waals surface area contributed by atoms with E-state index in [0.717, 1.165) is 37.2 Å². The first-order valence-corrected chi connectivity index (χ1v) is 9.29. The number of hydrogen-bond acceptors (Lipinski definition) is 5. The average Bonchev–Trinajstić information content (AvgIpc) is 2.97. The van der Waals surface area contributed by atoms with E-state index in [1.807, 2.05) is 19.9 Å². The Labute approximate surface area is 145 Å². The van der Waals surface area contributed by atoms with Crippen molar-refractivity contribution in [3.05, 3.63) is 44.3 Å². The molecule has 0 saturated carbocycles. The van der Waals surface area contributed by atoms with E-state index in [1.165, 1.54) is 0 Å². The van der Waals surface area contributed by atoms with Crippen LogP contribution >= 0.6 is 39.0 Å². The normalized spacial score (nSPS) is 11.0. The SMILES string of the molecule is Cc1cc(C)c(C#N)c(SCc2nc3scc(C)n3c2Br)n1. The minimum atomic E-state index is 0.656. The van der Waals surface area contributed by atoms with Crippen LogP contribution in [0.2, 0.25) is 0 Å². The summed E-state index contributed by atoms with van der Waals surface area (Å²) in [4.78, 5) is 10.1. The van der Waals surface area contributed by atoms with Crippen molar-refractivity contribution in [1.82, 2.24) is 14.4 Å². The second-order valence-corrected chi connectivity index (χ2v) is 7.56. The molecule has 3 aromatic rings. The van der Waals surface area contributed by atoms with Crippen LogP contribution in [0.1, 0.15) is 28.2 Å². The summed E-state index contributed by atoms with van der Waals surface area (Å²) in [6.45, 7) is 5.96. The Bertz CT molecular complexity index is 905. The Morgan fingerprint density at radius 1 is 1.36 bits per heavy atom. The van der Waals surface area contributed by atoms with Crippen LogP contribution in [-0.2, 0) is 5.75 Å². The van der Waals surface area contributed by atoms with Crippen molar-refractivity contribution < 1.29 is 0 Å². The smallest absolute Gasteiger partial charge is 0.195 e. The predicted molar refractivity (Wildman–Crippen MR) is 93.5 cm³/mol. The fourth-order valence-corrected chi connectivity index (χ4v) is 5.17. The Hall–Kier alpha value is -1.36. The van der Waals surface area contributed by atoms with Gasteiger partial charge in [-0.3, -0.25) is 4.40 Å². The van der Waals surface area contributed by atoms with Gasteiger partial charge in [-0.25, -0.2) is 9.97 Å². The number of hydrogen-bond donors (Lipinski definition) is 0. The first kappa shape index (κ1) is 15.5. The molecule has 7 heteroatoms. The Balaban J connectivity index is 1.92. The molecule has 0 bridgehead atoms. The number of imidazole rings is 1. The first-order chi connectivity index (χ1) is 10.5. The van der Waals surface area contributed by atoms with Crippen LogP contribution in [0.25, 0.3) is 4.96 Å². The van der Waals surface area contributed by atoms with Gasteiger partial charge >= 0.3 is 0 Å². The van der Waals surface area contributed by atoms with Gasteiger partial charge in [0.2, 0.25) is 0 Å². The number of aromatic nitrogens is 3. The largest absolute Gasteiger partial charge is 0.282 e. The molecule has 0 unspecified atom stereocenters. The zero-order valence-corrected chi connectivity index (χ0v) is 15.6. The summed E-state index contributed by atoms with van der Waals surface area (Å²) in [6.07, 6.45) is 0. The van der Waals surface area contributed by atoms with Gasteiger partial charge in [0.15, 0.2) is 4.96 Å². The molecule has 112 valence electrons. The van der Waals surface area contributed by atoms with Crippen molar-refractivity contribution in [2.24, 2.45) is 0 Å². The number of aryl methyl sites for hydroxylation is 3. The molecule has 0 atom stereocenters. The molecule has 0 aliphatic heterocycles. The summed E-state index contributed by atoms with van der Waals surface area (Å²) in [6, 6.07) is 4.19. The molecule has 3 rings (SSSR count). The molecule has 0 aliphatic carbocycles. The number of fused-ring (bicyclic) bond motifs is 1. The summed E-state index contributed by atoms with van der Waals surface area (Å²) in [5.74, 6) is 0.680. The molecule has 0 aliphatic rings. The molecule has 0 spiro atoms. The average molecular weight is 393 g/mol. The maximum absolute atomic E-state index is 9.33. The molecule has 0 amide bonds. The molecule has 3 aromatic heterocycles. The van der Waals surface area contributed by atoms with Gasteiger partial charge < -0.3 is 0 Å². The second kappa shape index (κ2) is 6.03. The maximum Gasteiger partial charge on any atom is 0.195 e. The number of rotatable bonds is 3. The van der Waals surface area contributed by atoms with E-state index in [2.05, 4.69) is 48.7 Å². The van der Waals surface area contributed by atoms with Crippen molar-refractivity contribution in [1.29, 1.82) is 5.26 Å². The minimum Gasteiger partial charge on any atom is -0.282 e. The van der Waals surface area contributed by atoms with E-state index < -0.39 is 0 Å². The Morgan fingerprint density at radius 3 is 2.82 bits per heavy atom. The summed E-state index contributed by atoms with van der Waals surface area (Å²) >= 11 is 6.81. The minimum absolute atomic E-state index is 0.656. The van der Waals surface area contributed by atoms with E-state index in [-0.39, 0.29) is 0 Å². The fraction of sp³-hybridized carbons (Fsp3) is 0.267. The molecule has 0 N–H and O–H groups in total. The van der Waals surface area contributed by atoms with Crippen molar-refractivity contribution >= 4 is 44.0 Å². The van der Waals surface area contributed by atoms with Gasteiger partial charge in [0.25, 0.3) is 0 Å². The second-order valence-electron chi connectivity index (χ2n) is 5.01. The third-order valence-electron chi connectivity index (χ3n) is 3.31. The predicted octanol–water partition coefficient (Wildman–Crippen LogP) is 4.64. The lowest BCUT2D eigenvalue weighted by molar-refractivity contribution is 1.03. The molecular formula is C15H13BrN4S2. The van der Waals surface area contributed by atoms with Gasteiger partial charge in [-0.15, -0.1) is 11.3 Å². The Morgan fingerprint density at radius 2 is 2.14 bits per heavy atom. The van der Waals surface area contributed by atoms with E-state index in [4.69, 9.17) is 0 Å². The molecule has 4 nitrogen and oxygen atoms in total. The number of halogens is 1. The number of thiazole rings is 1. The number of pyridine rings is 1. The van der Waals surface area contributed by atoms with Gasteiger partial charge in [-0.2, -0.15) is 5.26 Å². The van der Waals surface area contributed by atoms with Crippen LogP contribution in [0.4, 0.5) is 0 Å². The quantitative estimate of drug-likeness (QED) is 0.609. The highest BCUT2D eigenvalue weighted by atomic mass is 79.9. The molecule has 0 aromatic carbocycles. The van der Waals surface area contributed by atoms with Gasteiger partial charge in [0, 0.05) is 22.5 Å². The number of thioether (sulfide) groups is 1. The summed E-state index contributed by atoms with van der Waals surface area (Å²) in [5, 5.41) is 12.2. The zero-order chi connectivity index (χ0) is 15.9. The summed E-state index contributed by atoms with van der Waals surface area (Å²) in [7, 11) is 0. The van der Waals surface area contributed by atoms with Crippen molar-refractivity contribution in [3.8, 4) is 6.07 Å². The monoisotopic (exact) mass is 392 g/mol. The van der Waals surface area contributed by atoms with Crippen LogP contribution in [0, 0.1) is 32.1 Å². The Kier molecular flexibility index (Phi) is 4.26. The highest BCUT2D eigenvalue weighted by Gasteiger charge is 2.15. The fourth-order valence-electron chi connectivity index (χ4n) is 2.27. The number of nitriles is 1. The maximum atomic E-state index is 9.33. The number of nitrogens with zero attached hydrogens (tertiary/aromatic N) is 4. The highest BCUT2D eigenvalue weighted by Crippen LogP contribution is 2.31. The molecule has 0 fully saturated rings. The first-order valence-electron chi connectivity index (χ1n) is 6.63. The van der Waals surface area contributed by atoms with E-state index >= 15 is 0 Å². The lowest BCUT2D eigenvalue weighted by atomic mass is 10.1. The van der Waals surface area contributed by atoms with Crippen LogP contribution in [0.15, 0.2) is 21.1 Å². The molecule has 0 radical (unpaired) electrons. The van der Waals surface area contributed by atoms with Crippen LogP contribution in [0.5, 0.6) is 0 Å². The van der Waals surface area contributed by atoms with Gasteiger partial charge in [-0.1, -0.05) is 11.8 Å². The lowest BCUT2D eigenvalue weighted by Gasteiger charge is -2.06. The van der Waals surface area contributed by atoms with Crippen LogP contribution in [0.3, 0.4) is 0 Å². The van der Waals surface area contributed by atoms with Gasteiger partial charge in [0.05, 0.1) is 11.3 Å². The summed E-state index contributed by atoms with van der Waals surface area (Å²) < 4.78 is 3.08. The van der Waals surface area contributed by atoms with Crippen molar-refractivity contribution in [3.63, 3.8) is 0 Å². The van der Waals surface area contributed by atoms with Gasteiger partial charge in [0.1, 0.15) is 15.7 Å². The lowest BCUT2D eigenvalue weighted by Crippen LogP contribution is -1.95. The third-order valence-corrected chi connectivity index (χ3v) is 6.06. The van der Waals surface area contributed by atoms with Crippen molar-refractivity contribution in [2.75, 3.05) is 0 Å². The van der Waals surface area contributed by atoms with Gasteiger partial charge in [-0.05, 0) is 48.3 Å². The van der Waals surface area contributed by atoms with Crippen molar-refractivity contribution in [2.45, 2.75) is 31.6 Å². The third kappa shape index (κ3) is 2.67.